The zero-order chi connectivity index (χ0) is 41.4. The van der Waals surface area contributed by atoms with Gasteiger partial charge in [-0.25, -0.2) is 14.6 Å². The number of carbonyl (C=O) groups is 2. The van der Waals surface area contributed by atoms with Crippen molar-refractivity contribution in [2.45, 2.75) is 78.4 Å². The van der Waals surface area contributed by atoms with Gasteiger partial charge < -0.3 is 44.6 Å². The number of fused-ring (bicyclic) bond motifs is 2. The quantitative estimate of drug-likeness (QED) is 0.0497. The van der Waals surface area contributed by atoms with Crippen molar-refractivity contribution >= 4 is 62.4 Å². The Kier molecular flexibility index (Phi) is 13.4. The van der Waals surface area contributed by atoms with Crippen molar-refractivity contribution in [3.8, 4) is 11.9 Å². The third-order valence-corrected chi connectivity index (χ3v) is 9.59. The molecule has 0 aliphatic carbocycles. The highest BCUT2D eigenvalue weighted by Gasteiger charge is 2.28. The van der Waals surface area contributed by atoms with Gasteiger partial charge in [-0.3, -0.25) is 0 Å². The van der Waals surface area contributed by atoms with E-state index in [1.807, 2.05) is 82.3 Å². The number of benzene rings is 2. The zero-order valence-electron chi connectivity index (χ0n) is 33.6. The summed E-state index contributed by atoms with van der Waals surface area (Å²) < 4.78 is 29.8. The Morgan fingerprint density at radius 3 is 2.46 bits per heavy atom. The molecule has 0 bridgehead atoms. The second kappa shape index (κ2) is 18.0. The van der Waals surface area contributed by atoms with Crippen LogP contribution in [0.3, 0.4) is 0 Å². The van der Waals surface area contributed by atoms with Crippen LogP contribution in [0.4, 0.5) is 16.4 Å². The van der Waals surface area contributed by atoms with Crippen molar-refractivity contribution in [2.75, 3.05) is 44.0 Å². The van der Waals surface area contributed by atoms with E-state index in [4.69, 9.17) is 29.4 Å². The van der Waals surface area contributed by atoms with Gasteiger partial charge in [0.2, 0.25) is 11.8 Å². The minimum absolute atomic E-state index is 0.0724. The smallest absolute Gasteiger partial charge is 0.407 e. The molecule has 5 rings (SSSR count). The van der Waals surface area contributed by atoms with Crippen LogP contribution in [-0.2, 0) is 36.9 Å². The number of nitrogens with zero attached hydrogens (tertiary/aromatic N) is 5. The minimum Gasteiger partial charge on any atom is -0.471 e. The molecule has 3 heterocycles. The summed E-state index contributed by atoms with van der Waals surface area (Å²) in [5, 5.41) is 13.4. The third kappa shape index (κ3) is 12.4. The number of aromatic nitrogens is 4. The van der Waals surface area contributed by atoms with Crippen LogP contribution < -0.4 is 20.7 Å². The van der Waals surface area contributed by atoms with Gasteiger partial charge in [0, 0.05) is 35.5 Å². The molecule has 4 N–H and O–H groups in total. The summed E-state index contributed by atoms with van der Waals surface area (Å²) in [7, 11) is 1.65. The maximum Gasteiger partial charge on any atom is 0.407 e. The number of thiophene rings is 1. The second-order valence-electron chi connectivity index (χ2n) is 15.6. The topological polar surface area (TPSA) is 200 Å². The number of hydrogen-bond acceptors (Lipinski definition) is 14. The number of imidazole rings is 1. The summed E-state index contributed by atoms with van der Waals surface area (Å²) in [6.07, 6.45) is 2.51. The van der Waals surface area contributed by atoms with E-state index in [9.17, 15) is 14.9 Å². The Bertz CT molecular complexity index is 2250. The minimum atomic E-state index is -0.721. The van der Waals surface area contributed by atoms with Gasteiger partial charge in [-0.05, 0) is 89.3 Å². The molecule has 0 unspecified atom stereocenters. The summed E-state index contributed by atoms with van der Waals surface area (Å²) in [5.41, 5.74) is 7.56. The summed E-state index contributed by atoms with van der Waals surface area (Å²) in [4.78, 5) is 43.6. The van der Waals surface area contributed by atoms with Crippen LogP contribution in [-0.4, -0.2) is 82.2 Å². The van der Waals surface area contributed by atoms with Crippen LogP contribution in [0.1, 0.15) is 64.5 Å². The number of rotatable bonds is 17. The Morgan fingerprint density at radius 1 is 1.02 bits per heavy atom. The lowest BCUT2D eigenvalue weighted by Gasteiger charge is -2.36. The molecule has 0 saturated carbocycles. The molecule has 0 saturated heterocycles. The summed E-state index contributed by atoms with van der Waals surface area (Å²) in [6.45, 7) is 15.1. The predicted molar refractivity (Wildman–Crippen MR) is 220 cm³/mol. The van der Waals surface area contributed by atoms with Crippen molar-refractivity contribution in [3.05, 3.63) is 76.4 Å². The van der Waals surface area contributed by atoms with Gasteiger partial charge in [0.1, 0.15) is 36.0 Å². The molecule has 1 amide bonds. The maximum atomic E-state index is 12.8. The lowest BCUT2D eigenvalue weighted by molar-refractivity contribution is -0.149. The highest BCUT2D eigenvalue weighted by molar-refractivity contribution is 7.19. The number of methoxy groups -OCH3 is 1. The summed E-state index contributed by atoms with van der Waals surface area (Å²) in [5.74, 6) is -0.281. The highest BCUT2D eigenvalue weighted by Crippen LogP contribution is 2.32. The van der Waals surface area contributed by atoms with Crippen molar-refractivity contribution in [1.82, 2.24) is 25.3 Å². The number of amides is 1. The molecule has 57 heavy (non-hydrogen) atoms. The van der Waals surface area contributed by atoms with Gasteiger partial charge >= 0.3 is 12.1 Å². The normalized spacial score (nSPS) is 12.4. The first kappa shape index (κ1) is 42.4. The standard InChI is InChI=1S/C41H50N8O7S/c1-39(2,3)56-36(50)29(20-42)18-31-17-28-13-14-30(19-32(28)57-31)49(23-40(4,5)55-24-41(6,7)52-8)15-16-53-38(51)44-21-26-9-11-27(12-10-26)22-54-35-33-34(46-25-45-33)47-37(43)48-35/h9-14,17-19,25H,15-16,21-24H2,1-8H3,(H,44,51)(H3,43,45,46,47,48)/b29-18+. The van der Waals surface area contributed by atoms with E-state index < -0.39 is 28.9 Å². The van der Waals surface area contributed by atoms with Crippen LogP contribution >= 0.6 is 11.3 Å². The zero-order valence-corrected chi connectivity index (χ0v) is 34.4. The number of ether oxygens (including phenoxy) is 5. The number of anilines is 2. The van der Waals surface area contributed by atoms with E-state index in [0.29, 0.717) is 36.7 Å². The number of nitrogen functional groups attached to an aromatic ring is 1. The van der Waals surface area contributed by atoms with E-state index >= 15 is 0 Å². The molecule has 302 valence electrons. The lowest BCUT2D eigenvalue weighted by atomic mass is 10.1. The molecule has 0 spiro atoms. The van der Waals surface area contributed by atoms with Crippen LogP contribution in [0.2, 0.25) is 0 Å². The van der Waals surface area contributed by atoms with Crippen molar-refractivity contribution in [1.29, 1.82) is 5.26 Å². The van der Waals surface area contributed by atoms with Crippen molar-refractivity contribution < 1.29 is 33.3 Å². The predicted octanol–water partition coefficient (Wildman–Crippen LogP) is 6.93. The van der Waals surface area contributed by atoms with Crippen LogP contribution in [0.5, 0.6) is 5.88 Å². The fraction of sp³-hybridized carbons (Fsp3) is 0.415. The molecule has 15 nitrogen and oxygen atoms in total. The molecule has 0 aliphatic heterocycles. The molecular formula is C41H50N8O7S. The number of alkyl carbamates (subject to hydrolysis) is 1. The molecule has 0 atom stereocenters. The summed E-state index contributed by atoms with van der Waals surface area (Å²) >= 11 is 1.45. The maximum absolute atomic E-state index is 12.8. The Balaban J connectivity index is 1.21. The lowest BCUT2D eigenvalue weighted by Crippen LogP contribution is -2.45. The average molecular weight is 799 g/mol. The number of carbonyl (C=O) groups excluding carboxylic acids is 2. The van der Waals surface area contributed by atoms with E-state index in [2.05, 4.69) is 30.2 Å². The first-order chi connectivity index (χ1) is 26.9. The van der Waals surface area contributed by atoms with Crippen LogP contribution in [0, 0.1) is 11.3 Å². The monoisotopic (exact) mass is 798 g/mol. The first-order valence-electron chi connectivity index (χ1n) is 18.3. The number of nitrogens with two attached hydrogens (primary N) is 1. The Morgan fingerprint density at radius 2 is 1.75 bits per heavy atom. The van der Waals surface area contributed by atoms with Gasteiger partial charge in [0.25, 0.3) is 0 Å². The number of nitriles is 1. The molecule has 2 aromatic carbocycles. The van der Waals surface area contributed by atoms with Crippen LogP contribution in [0.15, 0.2) is 60.4 Å². The fourth-order valence-corrected chi connectivity index (χ4v) is 6.50. The van der Waals surface area contributed by atoms with Gasteiger partial charge in [0.05, 0.1) is 30.7 Å². The van der Waals surface area contributed by atoms with E-state index in [1.54, 1.807) is 34.0 Å². The second-order valence-corrected chi connectivity index (χ2v) is 16.7. The number of hydrogen-bond donors (Lipinski definition) is 3. The Labute approximate surface area is 336 Å². The number of nitrogens with one attached hydrogen (secondary N) is 2. The van der Waals surface area contributed by atoms with E-state index in [-0.39, 0.29) is 31.3 Å². The van der Waals surface area contributed by atoms with Crippen molar-refractivity contribution in [3.63, 3.8) is 0 Å². The van der Waals surface area contributed by atoms with E-state index in [0.717, 1.165) is 31.8 Å². The number of aromatic amines is 1. The molecule has 5 aromatic rings. The van der Waals surface area contributed by atoms with Gasteiger partial charge in [-0.15, -0.1) is 11.3 Å². The molecular weight excluding hydrogens is 749 g/mol. The summed E-state index contributed by atoms with van der Waals surface area (Å²) in [6, 6.07) is 17.5. The molecule has 0 radical (unpaired) electrons. The highest BCUT2D eigenvalue weighted by atomic mass is 32.1. The largest absolute Gasteiger partial charge is 0.471 e. The molecule has 3 aromatic heterocycles. The van der Waals surface area contributed by atoms with Gasteiger partial charge in [-0.2, -0.15) is 15.2 Å². The van der Waals surface area contributed by atoms with E-state index in [1.165, 1.54) is 17.7 Å². The SMILES string of the molecule is COC(C)(C)COC(C)(C)CN(CCOC(=O)NCc1ccc(COc2nc(N)nc3nc[nH]c23)cc1)c1ccc2cc(/C=C(\C#N)C(=O)OC(C)(C)C)sc2c1. The third-order valence-electron chi connectivity index (χ3n) is 8.55. The molecule has 0 aliphatic rings. The van der Waals surface area contributed by atoms with Gasteiger partial charge in [-0.1, -0.05) is 30.3 Å². The number of esters is 1. The van der Waals surface area contributed by atoms with Crippen LogP contribution in [0.25, 0.3) is 27.3 Å². The molecule has 0 fully saturated rings. The number of H-pyrrole nitrogens is 1. The average Bonchev–Trinajstić information content (AvgIpc) is 3.80. The first-order valence-corrected chi connectivity index (χ1v) is 19.1. The van der Waals surface area contributed by atoms with Crippen molar-refractivity contribution in [2.24, 2.45) is 0 Å². The van der Waals surface area contributed by atoms with Gasteiger partial charge in [0.15, 0.2) is 5.65 Å². The Hall–Kier alpha value is -5.76. The fourth-order valence-electron chi connectivity index (χ4n) is 5.46. The molecule has 16 heteroatoms.